The highest BCUT2D eigenvalue weighted by atomic mass is 15.6. The van der Waals surface area contributed by atoms with Crippen molar-refractivity contribution in [2.75, 3.05) is 6.54 Å². The molecule has 1 fully saturated rings. The van der Waals surface area contributed by atoms with E-state index in [9.17, 15) is 0 Å². The normalized spacial score (nSPS) is 30.3. The second-order valence-corrected chi connectivity index (χ2v) is 5.83. The molecule has 3 atom stereocenters. The first-order valence-electron chi connectivity index (χ1n) is 7.12. The molecule has 18 heavy (non-hydrogen) atoms. The highest BCUT2D eigenvalue weighted by molar-refractivity contribution is 4.93. The molecule has 0 saturated heterocycles. The largest absolute Gasteiger partial charge is 0.308 e. The van der Waals surface area contributed by atoms with Gasteiger partial charge in [0.2, 0.25) is 0 Å². The van der Waals surface area contributed by atoms with Crippen LogP contribution >= 0.6 is 0 Å². The molecule has 3 unspecified atom stereocenters. The Morgan fingerprint density at radius 3 is 2.56 bits per heavy atom. The third-order valence-corrected chi connectivity index (χ3v) is 3.92. The van der Waals surface area contributed by atoms with Crippen LogP contribution in [0.3, 0.4) is 0 Å². The topological polar surface area (TPSA) is 55.6 Å². The van der Waals surface area contributed by atoms with Crippen molar-refractivity contribution in [2.24, 2.45) is 11.8 Å². The lowest BCUT2D eigenvalue weighted by Crippen LogP contribution is -2.28. The van der Waals surface area contributed by atoms with E-state index in [1.54, 1.807) is 0 Å². The van der Waals surface area contributed by atoms with E-state index in [0.29, 0.717) is 6.04 Å². The molecule has 2 rings (SSSR count). The SMILES string of the molecule is CCNC(C)c1nnnn1C1CC(C)CC(C)C1. The molecule has 0 radical (unpaired) electrons. The molecule has 1 aliphatic carbocycles. The van der Waals surface area contributed by atoms with E-state index in [0.717, 1.165) is 24.2 Å². The minimum absolute atomic E-state index is 0.220. The second-order valence-electron chi connectivity index (χ2n) is 5.83. The van der Waals surface area contributed by atoms with Crippen molar-refractivity contribution in [3.05, 3.63) is 5.82 Å². The molecule has 1 N–H and O–H groups in total. The van der Waals surface area contributed by atoms with Crippen molar-refractivity contribution in [2.45, 2.75) is 59.0 Å². The summed E-state index contributed by atoms with van der Waals surface area (Å²) in [5.41, 5.74) is 0. The zero-order valence-corrected chi connectivity index (χ0v) is 11.9. The predicted molar refractivity (Wildman–Crippen MR) is 71.1 cm³/mol. The molecule has 0 aliphatic heterocycles. The van der Waals surface area contributed by atoms with Crippen molar-refractivity contribution < 1.29 is 0 Å². The minimum atomic E-state index is 0.220. The van der Waals surface area contributed by atoms with Gasteiger partial charge in [-0.15, -0.1) is 5.10 Å². The summed E-state index contributed by atoms with van der Waals surface area (Å²) in [4.78, 5) is 0. The van der Waals surface area contributed by atoms with Gasteiger partial charge in [0.15, 0.2) is 5.82 Å². The molecule has 5 heteroatoms. The maximum absolute atomic E-state index is 4.23. The van der Waals surface area contributed by atoms with Crippen LogP contribution < -0.4 is 5.32 Å². The van der Waals surface area contributed by atoms with Crippen LogP contribution in [0, 0.1) is 11.8 Å². The number of aromatic nitrogens is 4. The molecule has 102 valence electrons. The maximum Gasteiger partial charge on any atom is 0.168 e. The summed E-state index contributed by atoms with van der Waals surface area (Å²) in [5.74, 6) is 2.51. The van der Waals surface area contributed by atoms with Crippen LogP contribution in [0.4, 0.5) is 0 Å². The molecule has 5 nitrogen and oxygen atoms in total. The van der Waals surface area contributed by atoms with E-state index in [1.165, 1.54) is 19.3 Å². The summed E-state index contributed by atoms with van der Waals surface area (Å²) in [6, 6.07) is 0.687. The molecular weight excluding hydrogens is 226 g/mol. The van der Waals surface area contributed by atoms with Crippen LogP contribution in [-0.2, 0) is 0 Å². The fourth-order valence-electron chi connectivity index (χ4n) is 3.25. The van der Waals surface area contributed by atoms with Gasteiger partial charge < -0.3 is 5.32 Å². The van der Waals surface area contributed by atoms with Gasteiger partial charge in [-0.2, -0.15) is 0 Å². The Morgan fingerprint density at radius 2 is 1.94 bits per heavy atom. The van der Waals surface area contributed by atoms with E-state index in [1.807, 2.05) is 0 Å². The van der Waals surface area contributed by atoms with Gasteiger partial charge in [0, 0.05) is 0 Å². The van der Waals surface area contributed by atoms with Crippen LogP contribution in [0.15, 0.2) is 0 Å². The number of hydrogen-bond donors (Lipinski definition) is 1. The predicted octanol–water partition coefficient (Wildman–Crippen LogP) is 2.34. The third-order valence-electron chi connectivity index (χ3n) is 3.92. The first kappa shape index (κ1) is 13.5. The summed E-state index contributed by atoms with van der Waals surface area (Å²) in [7, 11) is 0. The highest BCUT2D eigenvalue weighted by Gasteiger charge is 2.28. The number of rotatable bonds is 4. The monoisotopic (exact) mass is 251 g/mol. The highest BCUT2D eigenvalue weighted by Crippen LogP contribution is 2.36. The van der Waals surface area contributed by atoms with Gasteiger partial charge in [-0.25, -0.2) is 4.68 Å². The van der Waals surface area contributed by atoms with Gasteiger partial charge in [0.05, 0.1) is 12.1 Å². The van der Waals surface area contributed by atoms with Crippen molar-refractivity contribution in [1.29, 1.82) is 0 Å². The van der Waals surface area contributed by atoms with E-state index in [2.05, 4.69) is 53.2 Å². The fourth-order valence-corrected chi connectivity index (χ4v) is 3.25. The average molecular weight is 251 g/mol. The Morgan fingerprint density at radius 1 is 1.28 bits per heavy atom. The van der Waals surface area contributed by atoms with E-state index in [-0.39, 0.29) is 6.04 Å². The molecule has 0 bridgehead atoms. The molecular formula is C13H25N5. The fraction of sp³-hybridized carbons (Fsp3) is 0.923. The van der Waals surface area contributed by atoms with Gasteiger partial charge in [0.25, 0.3) is 0 Å². The molecule has 1 aromatic rings. The summed E-state index contributed by atoms with van der Waals surface area (Å²) < 4.78 is 2.06. The summed E-state index contributed by atoms with van der Waals surface area (Å²) in [5, 5.41) is 15.7. The van der Waals surface area contributed by atoms with Crippen molar-refractivity contribution >= 4 is 0 Å². The number of hydrogen-bond acceptors (Lipinski definition) is 4. The van der Waals surface area contributed by atoms with Crippen LogP contribution in [0.5, 0.6) is 0 Å². The van der Waals surface area contributed by atoms with E-state index < -0.39 is 0 Å². The molecule has 0 spiro atoms. The molecule has 1 heterocycles. The lowest BCUT2D eigenvalue weighted by molar-refractivity contribution is 0.202. The van der Waals surface area contributed by atoms with Gasteiger partial charge in [-0.1, -0.05) is 20.8 Å². The molecule has 1 aliphatic rings. The van der Waals surface area contributed by atoms with E-state index >= 15 is 0 Å². The summed E-state index contributed by atoms with van der Waals surface area (Å²) in [6.45, 7) is 9.84. The second kappa shape index (κ2) is 5.78. The number of tetrazole rings is 1. The number of nitrogens with zero attached hydrogens (tertiary/aromatic N) is 4. The van der Waals surface area contributed by atoms with Crippen LogP contribution in [0.2, 0.25) is 0 Å². The summed E-state index contributed by atoms with van der Waals surface area (Å²) in [6.07, 6.45) is 3.72. The quantitative estimate of drug-likeness (QED) is 0.892. The average Bonchev–Trinajstić information content (AvgIpc) is 2.76. The van der Waals surface area contributed by atoms with Crippen LogP contribution in [-0.4, -0.2) is 26.8 Å². The van der Waals surface area contributed by atoms with Gasteiger partial charge in [-0.3, -0.25) is 0 Å². The Hall–Kier alpha value is -0.970. The van der Waals surface area contributed by atoms with Crippen molar-refractivity contribution in [3.63, 3.8) is 0 Å². The molecule has 0 aromatic carbocycles. The van der Waals surface area contributed by atoms with Crippen molar-refractivity contribution in [1.82, 2.24) is 25.5 Å². The smallest absolute Gasteiger partial charge is 0.168 e. The Kier molecular flexibility index (Phi) is 4.32. The number of nitrogens with one attached hydrogen (secondary N) is 1. The van der Waals surface area contributed by atoms with Gasteiger partial charge in [0.1, 0.15) is 0 Å². The maximum atomic E-state index is 4.23. The first-order chi connectivity index (χ1) is 8.61. The standard InChI is InChI=1S/C13H25N5/c1-5-14-11(4)13-15-16-17-18(13)12-7-9(2)6-10(3)8-12/h9-12,14H,5-8H2,1-4H3. The zero-order valence-electron chi connectivity index (χ0n) is 11.9. The van der Waals surface area contributed by atoms with Gasteiger partial charge >= 0.3 is 0 Å². The minimum Gasteiger partial charge on any atom is -0.308 e. The van der Waals surface area contributed by atoms with Gasteiger partial charge in [-0.05, 0) is 55.0 Å². The molecule has 1 saturated carbocycles. The first-order valence-corrected chi connectivity index (χ1v) is 7.12. The summed E-state index contributed by atoms with van der Waals surface area (Å²) >= 11 is 0. The zero-order chi connectivity index (χ0) is 13.1. The Labute approximate surface area is 109 Å². The molecule has 0 amide bonds. The molecule has 1 aromatic heterocycles. The Bertz CT molecular complexity index is 365. The van der Waals surface area contributed by atoms with Crippen LogP contribution in [0.25, 0.3) is 0 Å². The lowest BCUT2D eigenvalue weighted by atomic mass is 9.80. The van der Waals surface area contributed by atoms with Crippen LogP contribution in [0.1, 0.15) is 64.9 Å². The third kappa shape index (κ3) is 2.88. The lowest BCUT2D eigenvalue weighted by Gasteiger charge is -2.32. The van der Waals surface area contributed by atoms with E-state index in [4.69, 9.17) is 0 Å². The Balaban J connectivity index is 2.15. The van der Waals surface area contributed by atoms with Crippen molar-refractivity contribution in [3.8, 4) is 0 Å².